The summed E-state index contributed by atoms with van der Waals surface area (Å²) in [7, 11) is 0. The molecule has 44 heavy (non-hydrogen) atoms. The third kappa shape index (κ3) is 31.1. The monoisotopic (exact) mass is 624 g/mol. The van der Waals surface area contributed by atoms with Gasteiger partial charge in [-0.2, -0.15) is 0 Å². The van der Waals surface area contributed by atoms with E-state index in [0.717, 1.165) is 38.5 Å². The lowest BCUT2D eigenvalue weighted by Crippen LogP contribution is -2.46. The number of allylic oxidation sites excluding steroid dienone is 2. The number of aliphatic hydroxyl groups is 3. The summed E-state index contributed by atoms with van der Waals surface area (Å²) in [6.45, 7) is 4.25. The summed E-state index contributed by atoms with van der Waals surface area (Å²) in [6.07, 6.45) is 38.7. The summed E-state index contributed by atoms with van der Waals surface area (Å²) in [5.41, 5.74) is 0. The quantitative estimate of drug-likeness (QED) is 0.0418. The Morgan fingerprint density at radius 2 is 0.909 bits per heavy atom. The summed E-state index contributed by atoms with van der Waals surface area (Å²) in [4.78, 5) is 12.4. The van der Waals surface area contributed by atoms with Gasteiger partial charge in [0.15, 0.2) is 0 Å². The topological polar surface area (TPSA) is 89.8 Å². The van der Waals surface area contributed by atoms with Gasteiger partial charge < -0.3 is 20.6 Å². The lowest BCUT2D eigenvalue weighted by atomic mass is 10.0. The molecule has 0 aliphatic rings. The van der Waals surface area contributed by atoms with Crippen LogP contribution in [0.25, 0.3) is 0 Å². The molecule has 0 saturated heterocycles. The van der Waals surface area contributed by atoms with Crippen molar-refractivity contribution < 1.29 is 20.1 Å². The Morgan fingerprint density at radius 1 is 0.545 bits per heavy atom. The molecule has 0 heterocycles. The molecule has 5 heteroatoms. The van der Waals surface area contributed by atoms with Crippen molar-refractivity contribution in [2.75, 3.05) is 6.61 Å². The predicted molar refractivity (Wildman–Crippen MR) is 190 cm³/mol. The van der Waals surface area contributed by atoms with Crippen LogP contribution in [0.15, 0.2) is 12.2 Å². The highest BCUT2D eigenvalue weighted by Crippen LogP contribution is 2.15. The molecule has 0 aromatic heterocycles. The van der Waals surface area contributed by atoms with Gasteiger partial charge in [0.1, 0.15) is 0 Å². The van der Waals surface area contributed by atoms with Gasteiger partial charge in [0, 0.05) is 0 Å². The number of rotatable bonds is 35. The van der Waals surface area contributed by atoms with Crippen LogP contribution in [0.4, 0.5) is 0 Å². The molecule has 0 radical (unpaired) electrons. The zero-order valence-electron chi connectivity index (χ0n) is 29.6. The van der Waals surface area contributed by atoms with Crippen LogP contribution in [0, 0.1) is 0 Å². The molecule has 0 aromatic rings. The molecule has 5 nitrogen and oxygen atoms in total. The highest BCUT2D eigenvalue weighted by atomic mass is 16.3. The molecule has 0 rings (SSSR count). The molecule has 0 aliphatic heterocycles. The van der Waals surface area contributed by atoms with Crippen LogP contribution >= 0.6 is 0 Å². The maximum absolute atomic E-state index is 12.4. The smallest absolute Gasteiger partial charge is 0.222 e. The van der Waals surface area contributed by atoms with Gasteiger partial charge >= 0.3 is 0 Å². The minimum Gasteiger partial charge on any atom is -0.394 e. The maximum atomic E-state index is 12.4. The van der Waals surface area contributed by atoms with E-state index in [9.17, 15) is 20.1 Å². The molecule has 0 fully saturated rings. The number of amides is 1. The zero-order chi connectivity index (χ0) is 32.4. The van der Waals surface area contributed by atoms with E-state index in [1.807, 2.05) is 0 Å². The van der Waals surface area contributed by atoms with E-state index in [-0.39, 0.29) is 18.9 Å². The average Bonchev–Trinajstić information content (AvgIpc) is 3.01. The van der Waals surface area contributed by atoms with E-state index >= 15 is 0 Å². The van der Waals surface area contributed by atoms with E-state index in [1.54, 1.807) is 0 Å². The number of nitrogens with one attached hydrogen (secondary N) is 1. The first-order valence-corrected chi connectivity index (χ1v) is 19.5. The van der Waals surface area contributed by atoms with Crippen molar-refractivity contribution >= 4 is 5.91 Å². The fourth-order valence-electron chi connectivity index (χ4n) is 6.05. The SMILES string of the molecule is CCCCCCCCC/C=C\CCCCCC(O)CC(=O)NC(CO)C(O)CCCCCCCCCCCCCCCCC. The normalized spacial score (nSPS) is 13.8. The van der Waals surface area contributed by atoms with Gasteiger partial charge in [-0.05, 0) is 38.5 Å². The molecule has 4 N–H and O–H groups in total. The molecular formula is C39H77NO4. The number of hydrogen-bond acceptors (Lipinski definition) is 4. The van der Waals surface area contributed by atoms with E-state index in [2.05, 4.69) is 31.3 Å². The second-order valence-corrected chi connectivity index (χ2v) is 13.5. The number of hydrogen-bond donors (Lipinski definition) is 4. The Labute approximate surface area is 274 Å². The van der Waals surface area contributed by atoms with Gasteiger partial charge in [-0.25, -0.2) is 0 Å². The second kappa shape index (κ2) is 35.0. The standard InChI is InChI=1S/C39H77NO4/c1-3-5-7-9-11-13-15-17-19-21-23-25-27-29-31-33-38(43)37(35-41)40-39(44)34-36(42)32-30-28-26-24-22-20-18-16-14-12-10-8-6-4-2/h20,22,36-38,41-43H,3-19,21,23-35H2,1-2H3,(H,40,44)/b22-20-. The molecule has 0 spiro atoms. The largest absolute Gasteiger partial charge is 0.394 e. The molecule has 0 bridgehead atoms. The summed E-state index contributed by atoms with van der Waals surface area (Å²) >= 11 is 0. The summed E-state index contributed by atoms with van der Waals surface area (Å²) in [5.74, 6) is -0.291. The van der Waals surface area contributed by atoms with E-state index in [4.69, 9.17) is 0 Å². The highest BCUT2D eigenvalue weighted by Gasteiger charge is 2.21. The van der Waals surface area contributed by atoms with E-state index < -0.39 is 18.2 Å². The van der Waals surface area contributed by atoms with Gasteiger partial charge in [0.2, 0.25) is 5.91 Å². The number of carbonyl (C=O) groups is 1. The number of carbonyl (C=O) groups excluding carboxylic acids is 1. The van der Waals surface area contributed by atoms with Crippen LogP contribution in [0.2, 0.25) is 0 Å². The van der Waals surface area contributed by atoms with Crippen molar-refractivity contribution in [2.24, 2.45) is 0 Å². The van der Waals surface area contributed by atoms with Crippen molar-refractivity contribution in [3.05, 3.63) is 12.2 Å². The van der Waals surface area contributed by atoms with Gasteiger partial charge in [-0.3, -0.25) is 4.79 Å². The first kappa shape index (κ1) is 43.1. The first-order valence-electron chi connectivity index (χ1n) is 19.5. The molecule has 0 aliphatic carbocycles. The molecule has 262 valence electrons. The highest BCUT2D eigenvalue weighted by molar-refractivity contribution is 5.76. The lowest BCUT2D eigenvalue weighted by molar-refractivity contribution is -0.125. The Kier molecular flexibility index (Phi) is 34.2. The third-order valence-electron chi connectivity index (χ3n) is 9.08. The van der Waals surface area contributed by atoms with Gasteiger partial charge in [0.25, 0.3) is 0 Å². The second-order valence-electron chi connectivity index (χ2n) is 13.5. The van der Waals surface area contributed by atoms with Crippen molar-refractivity contribution in [2.45, 2.75) is 225 Å². The Bertz CT molecular complexity index is 611. The van der Waals surface area contributed by atoms with E-state index in [0.29, 0.717) is 12.8 Å². The zero-order valence-corrected chi connectivity index (χ0v) is 29.6. The third-order valence-corrected chi connectivity index (χ3v) is 9.08. The van der Waals surface area contributed by atoms with Crippen molar-refractivity contribution in [1.29, 1.82) is 0 Å². The molecule has 1 amide bonds. The molecular weight excluding hydrogens is 546 g/mol. The van der Waals surface area contributed by atoms with Crippen LogP contribution in [-0.4, -0.2) is 46.1 Å². The van der Waals surface area contributed by atoms with Crippen LogP contribution in [0.5, 0.6) is 0 Å². The maximum Gasteiger partial charge on any atom is 0.222 e. The number of aliphatic hydroxyl groups excluding tert-OH is 3. The van der Waals surface area contributed by atoms with Crippen molar-refractivity contribution in [3.63, 3.8) is 0 Å². The van der Waals surface area contributed by atoms with Gasteiger partial charge in [-0.15, -0.1) is 0 Å². The molecule has 3 unspecified atom stereocenters. The van der Waals surface area contributed by atoms with Crippen molar-refractivity contribution in [1.82, 2.24) is 5.32 Å². The Morgan fingerprint density at radius 3 is 1.34 bits per heavy atom. The Hall–Kier alpha value is -0.910. The Balaban J connectivity index is 3.67. The van der Waals surface area contributed by atoms with Crippen molar-refractivity contribution in [3.8, 4) is 0 Å². The van der Waals surface area contributed by atoms with Crippen LogP contribution < -0.4 is 5.32 Å². The molecule has 0 saturated carbocycles. The lowest BCUT2D eigenvalue weighted by Gasteiger charge is -2.23. The molecule has 3 atom stereocenters. The minimum atomic E-state index is -0.748. The fraction of sp³-hybridized carbons (Fsp3) is 0.923. The van der Waals surface area contributed by atoms with Gasteiger partial charge in [0.05, 0.1) is 31.3 Å². The molecule has 0 aromatic carbocycles. The first-order chi connectivity index (χ1) is 21.5. The van der Waals surface area contributed by atoms with E-state index in [1.165, 1.54) is 135 Å². The average molecular weight is 624 g/mol. The fourth-order valence-corrected chi connectivity index (χ4v) is 6.05. The number of unbranched alkanes of at least 4 members (excludes halogenated alkanes) is 24. The minimum absolute atomic E-state index is 0.0283. The summed E-state index contributed by atoms with van der Waals surface area (Å²) in [6, 6.07) is -0.658. The van der Waals surface area contributed by atoms with Crippen LogP contribution in [0.1, 0.15) is 206 Å². The predicted octanol–water partition coefficient (Wildman–Crippen LogP) is 10.5. The summed E-state index contributed by atoms with van der Waals surface area (Å²) in [5, 5.41) is 33.2. The van der Waals surface area contributed by atoms with Crippen LogP contribution in [-0.2, 0) is 4.79 Å². The van der Waals surface area contributed by atoms with Crippen LogP contribution in [0.3, 0.4) is 0 Å². The summed E-state index contributed by atoms with van der Waals surface area (Å²) < 4.78 is 0. The van der Waals surface area contributed by atoms with Gasteiger partial charge in [-0.1, -0.05) is 174 Å².